The minimum Gasteiger partial charge on any atom is -0.391 e. The maximum absolute atomic E-state index is 12.6. The summed E-state index contributed by atoms with van der Waals surface area (Å²) in [5.41, 5.74) is -0.371. The third-order valence-electron chi connectivity index (χ3n) is 3.75. The van der Waals surface area contributed by atoms with E-state index in [0.29, 0.717) is 18.4 Å². The van der Waals surface area contributed by atoms with Gasteiger partial charge in [0, 0.05) is 6.54 Å². The molecule has 2 amide bonds. The van der Waals surface area contributed by atoms with Gasteiger partial charge in [-0.3, -0.25) is 0 Å². The average molecular weight is 316 g/mol. The Bertz CT molecular complexity index is 520. The minimum atomic E-state index is -4.40. The van der Waals surface area contributed by atoms with Gasteiger partial charge in [-0.1, -0.05) is 25.0 Å². The molecule has 0 heterocycles. The molecule has 0 bridgehead atoms. The number of aliphatic hydroxyl groups excluding tert-OH is 1. The highest BCUT2D eigenvalue weighted by atomic mass is 19.4. The molecule has 4 nitrogen and oxygen atoms in total. The molecule has 0 aromatic heterocycles. The van der Waals surface area contributed by atoms with E-state index in [0.717, 1.165) is 25.0 Å². The Kier molecular flexibility index (Phi) is 5.28. The summed E-state index contributed by atoms with van der Waals surface area (Å²) < 4.78 is 37.8. The molecule has 2 rings (SSSR count). The number of carbonyl (C=O) groups excluding carboxylic acids is 1. The molecule has 2 unspecified atom stereocenters. The van der Waals surface area contributed by atoms with E-state index in [4.69, 9.17) is 0 Å². The summed E-state index contributed by atoms with van der Waals surface area (Å²) in [6.07, 6.45) is -1.73. The van der Waals surface area contributed by atoms with Crippen LogP contribution in [0.2, 0.25) is 0 Å². The van der Waals surface area contributed by atoms with Crippen molar-refractivity contribution in [2.24, 2.45) is 0 Å². The highest BCUT2D eigenvalue weighted by Crippen LogP contribution is 2.29. The van der Waals surface area contributed by atoms with Crippen LogP contribution in [0.1, 0.15) is 36.8 Å². The summed E-state index contributed by atoms with van der Waals surface area (Å²) in [5.74, 6) is 0. The Hall–Kier alpha value is -1.76. The molecule has 1 aromatic rings. The van der Waals surface area contributed by atoms with E-state index in [2.05, 4.69) is 10.6 Å². The molecule has 0 spiro atoms. The first-order valence-corrected chi connectivity index (χ1v) is 7.25. The molecule has 1 saturated carbocycles. The van der Waals surface area contributed by atoms with Gasteiger partial charge in [-0.25, -0.2) is 4.79 Å². The number of urea groups is 1. The lowest BCUT2D eigenvalue weighted by molar-refractivity contribution is -0.137. The fourth-order valence-electron chi connectivity index (χ4n) is 2.54. The van der Waals surface area contributed by atoms with E-state index in [1.165, 1.54) is 12.1 Å². The molecule has 22 heavy (non-hydrogen) atoms. The zero-order valence-electron chi connectivity index (χ0n) is 12.0. The quantitative estimate of drug-likeness (QED) is 0.803. The Morgan fingerprint density at radius 3 is 2.68 bits per heavy atom. The second kappa shape index (κ2) is 7.00. The topological polar surface area (TPSA) is 61.4 Å². The Morgan fingerprint density at radius 2 is 2.00 bits per heavy atom. The first kappa shape index (κ1) is 16.6. The van der Waals surface area contributed by atoms with Gasteiger partial charge in [0.1, 0.15) is 0 Å². The predicted molar refractivity (Wildman–Crippen MR) is 75.1 cm³/mol. The summed E-state index contributed by atoms with van der Waals surface area (Å²) in [6, 6.07) is 4.05. The van der Waals surface area contributed by atoms with E-state index < -0.39 is 23.9 Å². The van der Waals surface area contributed by atoms with Crippen molar-refractivity contribution in [3.05, 3.63) is 35.4 Å². The van der Waals surface area contributed by atoms with Crippen molar-refractivity contribution in [3.63, 3.8) is 0 Å². The predicted octanol–water partition coefficient (Wildman–Crippen LogP) is 2.81. The molecular weight excluding hydrogens is 297 g/mol. The van der Waals surface area contributed by atoms with E-state index in [1.807, 2.05) is 0 Å². The van der Waals surface area contributed by atoms with Gasteiger partial charge in [0.25, 0.3) is 0 Å². The van der Waals surface area contributed by atoms with Crippen molar-refractivity contribution in [1.29, 1.82) is 0 Å². The van der Waals surface area contributed by atoms with Gasteiger partial charge in [0.2, 0.25) is 0 Å². The number of benzene rings is 1. The molecule has 0 aliphatic heterocycles. The van der Waals surface area contributed by atoms with Crippen LogP contribution in [0.15, 0.2) is 24.3 Å². The summed E-state index contributed by atoms with van der Waals surface area (Å²) >= 11 is 0. The third-order valence-corrected chi connectivity index (χ3v) is 3.75. The normalized spacial score (nSPS) is 22.2. The first-order valence-electron chi connectivity index (χ1n) is 7.25. The number of halogens is 3. The van der Waals surface area contributed by atoms with Crippen molar-refractivity contribution in [2.45, 2.75) is 50.6 Å². The smallest absolute Gasteiger partial charge is 0.391 e. The zero-order chi connectivity index (χ0) is 16.2. The Balaban J connectivity index is 1.86. The minimum absolute atomic E-state index is 0.00142. The number of hydrogen-bond donors (Lipinski definition) is 3. The molecule has 1 aliphatic rings. The van der Waals surface area contributed by atoms with E-state index in [9.17, 15) is 23.1 Å². The van der Waals surface area contributed by atoms with Crippen LogP contribution in [0.4, 0.5) is 18.0 Å². The van der Waals surface area contributed by atoms with E-state index >= 15 is 0 Å². The van der Waals surface area contributed by atoms with Gasteiger partial charge >= 0.3 is 12.2 Å². The van der Waals surface area contributed by atoms with Crippen molar-refractivity contribution >= 4 is 6.03 Å². The first-order chi connectivity index (χ1) is 10.4. The Morgan fingerprint density at radius 1 is 1.27 bits per heavy atom. The van der Waals surface area contributed by atoms with Crippen molar-refractivity contribution < 1.29 is 23.1 Å². The molecule has 2 atom stereocenters. The maximum Gasteiger partial charge on any atom is 0.416 e. The van der Waals surface area contributed by atoms with E-state index in [-0.39, 0.29) is 12.6 Å². The maximum atomic E-state index is 12.6. The highest BCUT2D eigenvalue weighted by Gasteiger charge is 2.30. The van der Waals surface area contributed by atoms with Crippen molar-refractivity contribution in [3.8, 4) is 0 Å². The second-order valence-electron chi connectivity index (χ2n) is 5.48. The third kappa shape index (κ3) is 4.62. The lowest BCUT2D eigenvalue weighted by Gasteiger charge is -2.28. The number of amides is 2. The van der Waals surface area contributed by atoms with E-state index in [1.54, 1.807) is 0 Å². The standard InChI is InChI=1S/C15H19F3N2O2/c16-15(17,18)11-5-3-4-10(8-11)9-19-14(22)20-12-6-1-2-7-13(12)21/h3-5,8,12-13,21H,1-2,6-7,9H2,(H2,19,20,22). The fraction of sp³-hybridized carbons (Fsp3) is 0.533. The molecule has 0 radical (unpaired) electrons. The molecule has 1 fully saturated rings. The zero-order valence-corrected chi connectivity index (χ0v) is 12.0. The van der Waals surface area contributed by atoms with Gasteiger partial charge < -0.3 is 15.7 Å². The van der Waals surface area contributed by atoms with Gasteiger partial charge in [-0.15, -0.1) is 0 Å². The summed E-state index contributed by atoms with van der Waals surface area (Å²) in [7, 11) is 0. The molecule has 3 N–H and O–H groups in total. The molecule has 1 aromatic carbocycles. The average Bonchev–Trinajstić information content (AvgIpc) is 2.47. The SMILES string of the molecule is O=C(NCc1cccc(C(F)(F)F)c1)NC1CCCCC1O. The largest absolute Gasteiger partial charge is 0.416 e. The number of hydrogen-bond acceptors (Lipinski definition) is 2. The lowest BCUT2D eigenvalue weighted by Crippen LogP contribution is -2.48. The van der Waals surface area contributed by atoms with Crippen molar-refractivity contribution in [1.82, 2.24) is 10.6 Å². The number of rotatable bonds is 3. The van der Waals surface area contributed by atoms with Crippen LogP contribution >= 0.6 is 0 Å². The van der Waals surface area contributed by atoms with Crippen LogP contribution < -0.4 is 10.6 Å². The van der Waals surface area contributed by atoms with Crippen molar-refractivity contribution in [2.75, 3.05) is 0 Å². The summed E-state index contributed by atoms with van der Waals surface area (Å²) in [5, 5.41) is 14.9. The number of aliphatic hydroxyl groups is 1. The van der Waals surface area contributed by atoms with Gasteiger partial charge in [-0.2, -0.15) is 13.2 Å². The molecular formula is C15H19F3N2O2. The number of carbonyl (C=O) groups is 1. The number of alkyl halides is 3. The van der Waals surface area contributed by atoms with Gasteiger partial charge in [0.05, 0.1) is 17.7 Å². The van der Waals surface area contributed by atoms with Crippen LogP contribution in [0, 0.1) is 0 Å². The summed E-state index contributed by atoms with van der Waals surface area (Å²) in [6.45, 7) is -0.00142. The monoisotopic (exact) mass is 316 g/mol. The van der Waals surface area contributed by atoms with Crippen LogP contribution in [0.25, 0.3) is 0 Å². The lowest BCUT2D eigenvalue weighted by atomic mass is 9.93. The fourth-order valence-corrected chi connectivity index (χ4v) is 2.54. The number of nitrogens with one attached hydrogen (secondary N) is 2. The summed E-state index contributed by atoms with van der Waals surface area (Å²) in [4.78, 5) is 11.8. The van der Waals surface area contributed by atoms with Gasteiger partial charge in [0.15, 0.2) is 0 Å². The molecule has 7 heteroatoms. The van der Waals surface area contributed by atoms with Crippen LogP contribution in [-0.2, 0) is 12.7 Å². The second-order valence-corrected chi connectivity index (χ2v) is 5.48. The van der Waals surface area contributed by atoms with Crippen LogP contribution in [-0.4, -0.2) is 23.3 Å². The van der Waals surface area contributed by atoms with Gasteiger partial charge in [-0.05, 0) is 30.5 Å². The van der Waals surface area contributed by atoms with Crippen LogP contribution in [0.3, 0.4) is 0 Å². The molecule has 1 aliphatic carbocycles. The van der Waals surface area contributed by atoms with Crippen LogP contribution in [0.5, 0.6) is 0 Å². The molecule has 122 valence electrons. The highest BCUT2D eigenvalue weighted by molar-refractivity contribution is 5.74. The Labute approximate surface area is 126 Å². The molecule has 0 saturated heterocycles.